The maximum absolute atomic E-state index is 6.05. The van der Waals surface area contributed by atoms with Crippen molar-refractivity contribution in [2.75, 3.05) is 0 Å². The lowest BCUT2D eigenvalue weighted by Crippen LogP contribution is -2.22. The second-order valence-electron chi connectivity index (χ2n) is 4.30. The molecule has 0 aliphatic rings. The van der Waals surface area contributed by atoms with Crippen LogP contribution in [0.15, 0.2) is 45.7 Å². The molecule has 18 heavy (non-hydrogen) atoms. The van der Waals surface area contributed by atoms with Gasteiger partial charge in [-0.2, -0.15) is 0 Å². The molecule has 0 saturated carbocycles. The van der Waals surface area contributed by atoms with Crippen LogP contribution in [0.4, 0.5) is 0 Å². The van der Waals surface area contributed by atoms with Crippen LogP contribution in [0, 0.1) is 6.92 Å². The molecule has 0 amide bonds. The fourth-order valence-corrected chi connectivity index (χ4v) is 2.86. The summed E-state index contributed by atoms with van der Waals surface area (Å²) in [5.41, 5.74) is 6.05. The summed E-state index contributed by atoms with van der Waals surface area (Å²) in [5.74, 6) is 1.83. The van der Waals surface area contributed by atoms with Crippen molar-refractivity contribution in [3.8, 4) is 0 Å². The number of hydrogen-bond donors (Lipinski definition) is 1. The standard InChI is InChI=1S/C14H16ClNOS/c1-9-3-8-13(17-9)14(10(2)16)18-12-6-4-11(15)5-7-12/h3-8,10,14H,16H2,1-2H3. The minimum Gasteiger partial charge on any atom is -0.465 e. The first-order chi connectivity index (χ1) is 8.56. The first-order valence-corrected chi connectivity index (χ1v) is 7.06. The Labute approximate surface area is 117 Å². The Morgan fingerprint density at radius 2 is 1.83 bits per heavy atom. The molecular weight excluding hydrogens is 266 g/mol. The highest BCUT2D eigenvalue weighted by Gasteiger charge is 2.20. The number of halogens is 1. The van der Waals surface area contributed by atoms with E-state index < -0.39 is 0 Å². The molecule has 2 N–H and O–H groups in total. The summed E-state index contributed by atoms with van der Waals surface area (Å²) in [4.78, 5) is 1.13. The van der Waals surface area contributed by atoms with E-state index in [0.717, 1.165) is 21.4 Å². The van der Waals surface area contributed by atoms with Crippen LogP contribution in [0.5, 0.6) is 0 Å². The molecule has 2 atom stereocenters. The lowest BCUT2D eigenvalue weighted by atomic mass is 10.2. The smallest absolute Gasteiger partial charge is 0.119 e. The molecule has 0 spiro atoms. The third kappa shape index (κ3) is 3.31. The van der Waals surface area contributed by atoms with Crippen LogP contribution >= 0.6 is 23.4 Å². The number of rotatable bonds is 4. The van der Waals surface area contributed by atoms with Crippen molar-refractivity contribution in [2.24, 2.45) is 5.73 Å². The molecule has 0 saturated heterocycles. The van der Waals surface area contributed by atoms with Crippen molar-refractivity contribution in [1.82, 2.24) is 0 Å². The van der Waals surface area contributed by atoms with Gasteiger partial charge in [0.25, 0.3) is 0 Å². The van der Waals surface area contributed by atoms with Crippen LogP contribution in [-0.4, -0.2) is 6.04 Å². The Bertz CT molecular complexity index is 507. The molecule has 1 aromatic carbocycles. The van der Waals surface area contributed by atoms with Gasteiger partial charge in [0, 0.05) is 16.0 Å². The number of furan rings is 1. The van der Waals surface area contributed by atoms with Crippen molar-refractivity contribution in [1.29, 1.82) is 0 Å². The van der Waals surface area contributed by atoms with Crippen molar-refractivity contribution >= 4 is 23.4 Å². The molecule has 0 aliphatic heterocycles. The van der Waals surface area contributed by atoms with E-state index in [4.69, 9.17) is 21.8 Å². The minimum atomic E-state index is 0.0104. The third-order valence-electron chi connectivity index (χ3n) is 2.60. The average molecular weight is 282 g/mol. The number of nitrogens with two attached hydrogens (primary N) is 1. The zero-order valence-corrected chi connectivity index (χ0v) is 12.0. The molecule has 2 nitrogen and oxygen atoms in total. The maximum atomic E-state index is 6.05. The summed E-state index contributed by atoms with van der Waals surface area (Å²) in [5, 5.41) is 0.852. The van der Waals surface area contributed by atoms with Gasteiger partial charge < -0.3 is 10.2 Å². The number of aryl methyl sites for hydroxylation is 1. The minimum absolute atomic E-state index is 0.0104. The quantitative estimate of drug-likeness (QED) is 0.843. The van der Waals surface area contributed by atoms with E-state index in [1.165, 1.54) is 0 Å². The molecule has 0 bridgehead atoms. The van der Waals surface area contributed by atoms with Gasteiger partial charge in [0.1, 0.15) is 11.5 Å². The Balaban J connectivity index is 2.19. The second-order valence-corrected chi connectivity index (χ2v) is 5.95. The SMILES string of the molecule is Cc1ccc(C(Sc2ccc(Cl)cc2)C(C)N)o1. The van der Waals surface area contributed by atoms with E-state index in [9.17, 15) is 0 Å². The molecule has 4 heteroatoms. The van der Waals surface area contributed by atoms with Gasteiger partial charge in [0.15, 0.2) is 0 Å². The average Bonchev–Trinajstić information content (AvgIpc) is 2.74. The van der Waals surface area contributed by atoms with Crippen molar-refractivity contribution in [3.05, 3.63) is 52.9 Å². The topological polar surface area (TPSA) is 39.2 Å². The van der Waals surface area contributed by atoms with Crippen LogP contribution in [-0.2, 0) is 0 Å². The first kappa shape index (κ1) is 13.5. The molecular formula is C14H16ClNOS. The van der Waals surface area contributed by atoms with Gasteiger partial charge in [-0.3, -0.25) is 0 Å². The molecule has 0 fully saturated rings. The van der Waals surface area contributed by atoms with Gasteiger partial charge in [0.05, 0.1) is 5.25 Å². The monoisotopic (exact) mass is 281 g/mol. The second kappa shape index (κ2) is 5.83. The summed E-state index contributed by atoms with van der Waals surface area (Å²) in [7, 11) is 0. The van der Waals surface area contributed by atoms with E-state index >= 15 is 0 Å². The van der Waals surface area contributed by atoms with Gasteiger partial charge >= 0.3 is 0 Å². The van der Waals surface area contributed by atoms with Crippen LogP contribution < -0.4 is 5.73 Å². The molecule has 2 rings (SSSR count). The van der Waals surface area contributed by atoms with Gasteiger partial charge in [0.2, 0.25) is 0 Å². The molecule has 1 heterocycles. The summed E-state index contributed by atoms with van der Waals surface area (Å²) in [6.45, 7) is 3.93. The molecule has 96 valence electrons. The zero-order chi connectivity index (χ0) is 13.1. The summed E-state index contributed by atoms with van der Waals surface area (Å²) in [6, 6.07) is 11.7. The highest BCUT2D eigenvalue weighted by molar-refractivity contribution is 7.99. The van der Waals surface area contributed by atoms with Crippen molar-refractivity contribution in [3.63, 3.8) is 0 Å². The molecule has 0 radical (unpaired) electrons. The number of benzene rings is 1. The highest BCUT2D eigenvalue weighted by atomic mass is 35.5. The number of thioether (sulfide) groups is 1. The third-order valence-corrected chi connectivity index (χ3v) is 4.31. The van der Waals surface area contributed by atoms with E-state index in [1.807, 2.05) is 50.2 Å². The zero-order valence-electron chi connectivity index (χ0n) is 10.4. The Morgan fingerprint density at radius 3 is 2.33 bits per heavy atom. The van der Waals surface area contributed by atoms with Gasteiger partial charge in [-0.15, -0.1) is 11.8 Å². The van der Waals surface area contributed by atoms with Crippen LogP contribution in [0.25, 0.3) is 0 Å². The normalized spacial score (nSPS) is 14.4. The fraction of sp³-hybridized carbons (Fsp3) is 0.286. The molecule has 2 unspecified atom stereocenters. The largest absolute Gasteiger partial charge is 0.465 e. The van der Waals surface area contributed by atoms with E-state index in [0.29, 0.717) is 0 Å². The lowest BCUT2D eigenvalue weighted by Gasteiger charge is -2.18. The van der Waals surface area contributed by atoms with Crippen LogP contribution in [0.3, 0.4) is 0 Å². The predicted molar refractivity (Wildman–Crippen MR) is 77.1 cm³/mol. The summed E-state index contributed by atoms with van der Waals surface area (Å²) in [6.07, 6.45) is 0. The molecule has 2 aromatic rings. The predicted octanol–water partition coefficient (Wildman–Crippen LogP) is 4.42. The Morgan fingerprint density at radius 1 is 1.17 bits per heavy atom. The fourth-order valence-electron chi connectivity index (χ4n) is 1.69. The first-order valence-electron chi connectivity index (χ1n) is 5.80. The van der Waals surface area contributed by atoms with E-state index in [-0.39, 0.29) is 11.3 Å². The van der Waals surface area contributed by atoms with Gasteiger partial charge in [-0.1, -0.05) is 11.6 Å². The lowest BCUT2D eigenvalue weighted by molar-refractivity contribution is 0.465. The van der Waals surface area contributed by atoms with E-state index in [2.05, 4.69) is 0 Å². The molecule has 0 aliphatic carbocycles. The van der Waals surface area contributed by atoms with Gasteiger partial charge in [-0.05, 0) is 50.2 Å². The van der Waals surface area contributed by atoms with E-state index in [1.54, 1.807) is 11.8 Å². The highest BCUT2D eigenvalue weighted by Crippen LogP contribution is 2.38. The number of hydrogen-bond acceptors (Lipinski definition) is 3. The summed E-state index contributed by atoms with van der Waals surface area (Å²) < 4.78 is 5.68. The van der Waals surface area contributed by atoms with Crippen LogP contribution in [0.2, 0.25) is 5.02 Å². The van der Waals surface area contributed by atoms with Crippen molar-refractivity contribution in [2.45, 2.75) is 30.0 Å². The van der Waals surface area contributed by atoms with Crippen molar-refractivity contribution < 1.29 is 4.42 Å². The Kier molecular flexibility index (Phi) is 4.38. The Hall–Kier alpha value is -0.900. The summed E-state index contributed by atoms with van der Waals surface area (Å²) >= 11 is 7.57. The molecule has 1 aromatic heterocycles. The maximum Gasteiger partial charge on any atom is 0.119 e. The van der Waals surface area contributed by atoms with Gasteiger partial charge in [-0.25, -0.2) is 0 Å². The van der Waals surface area contributed by atoms with Crippen LogP contribution in [0.1, 0.15) is 23.7 Å².